The number of benzene rings is 1. The molecule has 0 atom stereocenters. The standard InChI is InChI=1S/C10H14.4C9H13N.3C8H12N2.CH4/c1-10(2,3)9-7-5-4-6-8-9;2*1-9(2,3)8-5-4-6-10-7-8;2*1-9(2,3)8-6-4-5-7-10-8;1-8(2,3)7-6-9-4-5-10-7;2*1-8(2,3)7-9-5-4-6-10-7;/h4-8H,1-3H3;4*4-7H,1-3H3;3*4-6H,1-3H3;1H4. The zero-order valence-corrected chi connectivity index (χ0v) is 53.8. The average molecular weight is 1100 g/mol. The quantitative estimate of drug-likeness (QED) is 0.145. The monoisotopic (exact) mass is 1100 g/mol. The molecule has 8 aromatic rings. The maximum atomic E-state index is 4.25. The third kappa shape index (κ3) is 33.4. The maximum absolute atomic E-state index is 4.25. The fraction of sp³-hybridized carbons (Fsp3) is 0.465. The van der Waals surface area contributed by atoms with Crippen molar-refractivity contribution in [3.63, 3.8) is 0 Å². The highest BCUT2D eigenvalue weighted by atomic mass is 14.9. The second-order valence-electron chi connectivity index (χ2n) is 27.5. The molecule has 1 aromatic carbocycles. The van der Waals surface area contributed by atoms with Gasteiger partial charge in [0.25, 0.3) is 0 Å². The summed E-state index contributed by atoms with van der Waals surface area (Å²) in [6, 6.07) is 34.4. The van der Waals surface area contributed by atoms with E-state index in [4.69, 9.17) is 0 Å². The average Bonchev–Trinajstić information content (AvgIpc) is 3.40. The van der Waals surface area contributed by atoms with E-state index in [2.05, 4.69) is 271 Å². The van der Waals surface area contributed by atoms with Crippen LogP contribution in [0.25, 0.3) is 0 Å². The van der Waals surface area contributed by atoms with Gasteiger partial charge in [-0.05, 0) is 81.5 Å². The molecular weight excluding hydrogens is 993 g/mol. The molecule has 7 aromatic heterocycles. The number of pyridine rings is 4. The van der Waals surface area contributed by atoms with Crippen molar-refractivity contribution in [3.05, 3.63) is 229 Å². The van der Waals surface area contributed by atoms with E-state index in [1.165, 1.54) is 16.7 Å². The predicted molar refractivity (Wildman–Crippen MR) is 346 cm³/mol. The second-order valence-corrected chi connectivity index (χ2v) is 27.5. The Hall–Kier alpha value is -6.94. The molecule has 8 rings (SSSR count). The van der Waals surface area contributed by atoms with Crippen molar-refractivity contribution < 1.29 is 0 Å². The molecule has 0 saturated carbocycles. The Labute approximate surface area is 493 Å². The van der Waals surface area contributed by atoms with Gasteiger partial charge < -0.3 is 0 Å². The van der Waals surface area contributed by atoms with Gasteiger partial charge in [0.15, 0.2) is 0 Å². The third-order valence-corrected chi connectivity index (χ3v) is 11.4. The first-order valence-corrected chi connectivity index (χ1v) is 27.9. The topological polar surface area (TPSA) is 129 Å². The Bertz CT molecular complexity index is 2170. The van der Waals surface area contributed by atoms with Crippen LogP contribution in [0.5, 0.6) is 0 Å². The van der Waals surface area contributed by atoms with Gasteiger partial charge in [-0.2, -0.15) is 0 Å². The molecule has 0 fully saturated rings. The van der Waals surface area contributed by atoms with E-state index in [9.17, 15) is 0 Å². The fourth-order valence-electron chi connectivity index (χ4n) is 6.22. The summed E-state index contributed by atoms with van der Waals surface area (Å²) in [5.74, 6) is 1.80. The van der Waals surface area contributed by atoms with E-state index < -0.39 is 0 Å². The van der Waals surface area contributed by atoms with E-state index in [1.807, 2.05) is 73.3 Å². The van der Waals surface area contributed by atoms with E-state index in [0.717, 1.165) is 28.7 Å². The molecule has 0 bridgehead atoms. The van der Waals surface area contributed by atoms with Crippen LogP contribution in [0.15, 0.2) is 184 Å². The van der Waals surface area contributed by atoms with Gasteiger partial charge in [-0.15, -0.1) is 0 Å². The molecule has 440 valence electrons. The zero-order chi connectivity index (χ0) is 60.9. The Kier molecular flexibility index (Phi) is 31.4. The molecule has 0 radical (unpaired) electrons. The minimum absolute atomic E-state index is 0. The van der Waals surface area contributed by atoms with Crippen molar-refractivity contribution in [2.75, 3.05) is 0 Å². The van der Waals surface area contributed by atoms with Crippen molar-refractivity contribution in [1.82, 2.24) is 49.8 Å². The molecule has 7 heterocycles. The van der Waals surface area contributed by atoms with Crippen molar-refractivity contribution in [2.24, 2.45) is 0 Å². The van der Waals surface area contributed by atoms with Crippen LogP contribution in [0.1, 0.15) is 219 Å². The Morgan fingerprint density at radius 1 is 0.210 bits per heavy atom. The number of hydrogen-bond donors (Lipinski definition) is 0. The molecule has 10 heteroatoms. The predicted octanol–water partition coefficient (Wildman–Crippen LogP) is 18.5. The number of nitrogens with zero attached hydrogens (tertiary/aromatic N) is 10. The van der Waals surface area contributed by atoms with Crippen LogP contribution in [0.3, 0.4) is 0 Å². The van der Waals surface area contributed by atoms with Crippen molar-refractivity contribution in [1.29, 1.82) is 0 Å². The first-order valence-electron chi connectivity index (χ1n) is 27.9. The van der Waals surface area contributed by atoms with Crippen LogP contribution in [0, 0.1) is 0 Å². The van der Waals surface area contributed by atoms with Gasteiger partial charge in [0.2, 0.25) is 0 Å². The largest absolute Gasteiger partial charge is 0.264 e. The number of rotatable bonds is 0. The number of aromatic nitrogens is 10. The summed E-state index contributed by atoms with van der Waals surface area (Å²) in [6.07, 6.45) is 23.4. The molecule has 10 nitrogen and oxygen atoms in total. The lowest BCUT2D eigenvalue weighted by Crippen LogP contribution is -2.14. The minimum atomic E-state index is 0. The lowest BCUT2D eigenvalue weighted by molar-refractivity contribution is 0.545. The Morgan fingerprint density at radius 2 is 0.506 bits per heavy atom. The molecule has 0 saturated heterocycles. The second kappa shape index (κ2) is 34.4. The molecule has 0 aliphatic carbocycles. The summed E-state index contributed by atoms with van der Waals surface area (Å²) in [5.41, 5.74) is 8.68. The molecule has 81 heavy (non-hydrogen) atoms. The van der Waals surface area contributed by atoms with Crippen LogP contribution < -0.4 is 0 Å². The van der Waals surface area contributed by atoms with Crippen molar-refractivity contribution in [2.45, 2.75) is 217 Å². The smallest absolute Gasteiger partial charge is 0.133 e. The van der Waals surface area contributed by atoms with Gasteiger partial charge in [0.1, 0.15) is 11.6 Å². The SMILES string of the molecule is C.CC(C)(C)c1ccccc1.CC(C)(C)c1ccccn1.CC(C)(C)c1ccccn1.CC(C)(C)c1cccnc1.CC(C)(C)c1cccnc1.CC(C)(C)c1cnccn1.CC(C)(C)c1ncccn1.CC(C)(C)c1ncccn1. The summed E-state index contributed by atoms with van der Waals surface area (Å²) in [5, 5.41) is 0. The fourth-order valence-corrected chi connectivity index (χ4v) is 6.22. The summed E-state index contributed by atoms with van der Waals surface area (Å²) >= 11 is 0. The summed E-state index contributed by atoms with van der Waals surface area (Å²) in [6.45, 7) is 51.7. The highest BCUT2D eigenvalue weighted by Gasteiger charge is 2.18. The van der Waals surface area contributed by atoms with E-state index in [-0.39, 0.29) is 45.3 Å². The van der Waals surface area contributed by atoms with Gasteiger partial charge in [-0.1, -0.05) is 228 Å². The molecule has 0 unspecified atom stereocenters. The highest BCUT2D eigenvalue weighted by Crippen LogP contribution is 2.24. The first-order chi connectivity index (χ1) is 36.8. The molecule has 0 amide bonds. The Morgan fingerprint density at radius 3 is 0.691 bits per heavy atom. The molecule has 0 aliphatic heterocycles. The van der Waals surface area contributed by atoms with Crippen LogP contribution in [0.2, 0.25) is 0 Å². The minimum Gasteiger partial charge on any atom is -0.264 e. The third-order valence-electron chi connectivity index (χ3n) is 11.4. The molecule has 0 spiro atoms. The summed E-state index contributed by atoms with van der Waals surface area (Å²) in [7, 11) is 0. The zero-order valence-electron chi connectivity index (χ0n) is 53.8. The lowest BCUT2D eigenvalue weighted by Gasteiger charge is -2.18. The van der Waals surface area contributed by atoms with Crippen LogP contribution in [0.4, 0.5) is 0 Å². The molecule has 0 N–H and O–H groups in total. The Balaban J connectivity index is 0.000000901. The van der Waals surface area contributed by atoms with Gasteiger partial charge in [-0.25, -0.2) is 19.9 Å². The highest BCUT2D eigenvalue weighted by molar-refractivity contribution is 5.22. The van der Waals surface area contributed by atoms with E-state index in [1.54, 1.807) is 55.8 Å². The van der Waals surface area contributed by atoms with Gasteiger partial charge in [0, 0.05) is 119 Å². The molecular formula is C71H106N10. The van der Waals surface area contributed by atoms with Gasteiger partial charge in [0.05, 0.1) is 5.69 Å². The summed E-state index contributed by atoms with van der Waals surface area (Å²) in [4.78, 5) is 41.3. The van der Waals surface area contributed by atoms with Gasteiger partial charge >= 0.3 is 0 Å². The first kappa shape index (κ1) is 74.1. The summed E-state index contributed by atoms with van der Waals surface area (Å²) < 4.78 is 0. The lowest BCUT2D eigenvalue weighted by atomic mass is 9.87. The van der Waals surface area contributed by atoms with Crippen molar-refractivity contribution in [3.8, 4) is 0 Å². The van der Waals surface area contributed by atoms with Gasteiger partial charge in [-0.3, -0.25) is 29.9 Å². The van der Waals surface area contributed by atoms with E-state index >= 15 is 0 Å². The van der Waals surface area contributed by atoms with Crippen LogP contribution in [-0.2, 0) is 43.3 Å². The molecule has 0 aliphatic rings. The maximum Gasteiger partial charge on any atom is 0.133 e. The van der Waals surface area contributed by atoms with E-state index in [0.29, 0.717) is 5.41 Å². The number of hydrogen-bond acceptors (Lipinski definition) is 10. The van der Waals surface area contributed by atoms with Crippen LogP contribution in [-0.4, -0.2) is 49.8 Å². The van der Waals surface area contributed by atoms with Crippen molar-refractivity contribution >= 4 is 0 Å². The van der Waals surface area contributed by atoms with Crippen LogP contribution >= 0.6 is 0 Å². The normalized spacial score (nSPS) is 11.4.